The molecule has 4 aromatic rings. The average molecular weight is 465 g/mol. The van der Waals surface area contributed by atoms with Gasteiger partial charge in [-0.25, -0.2) is 9.98 Å². The Morgan fingerprint density at radius 3 is 2.60 bits per heavy atom. The van der Waals surface area contributed by atoms with Crippen molar-refractivity contribution in [3.05, 3.63) is 105 Å². The van der Waals surface area contributed by atoms with Gasteiger partial charge in [0.25, 0.3) is 11.5 Å². The normalized spacial score (nSPS) is 16.9. The fourth-order valence-electron chi connectivity index (χ4n) is 5.23. The van der Waals surface area contributed by atoms with Crippen molar-refractivity contribution in [3.8, 4) is 0 Å². The standard InChI is InChI=1S/C28H24N4O3/c1-16-12-20-10-11-31-25(20)22(13-16)24(19-6-4-3-5-7-19)30-26(28(31)35)32-17(2)29-23-14-18(15-33)8-9-21(23)27(32)34/h3-9,12-14,26,33H,10-11,15H2,1-2H3. The van der Waals surface area contributed by atoms with Gasteiger partial charge in [0.05, 0.1) is 28.9 Å². The number of anilines is 1. The Morgan fingerprint density at radius 2 is 1.83 bits per heavy atom. The van der Waals surface area contributed by atoms with E-state index in [4.69, 9.17) is 4.99 Å². The van der Waals surface area contributed by atoms with Gasteiger partial charge in [-0.1, -0.05) is 48.0 Å². The third kappa shape index (κ3) is 3.31. The number of fused-ring (bicyclic) bond motifs is 1. The van der Waals surface area contributed by atoms with E-state index in [1.54, 1.807) is 30.0 Å². The molecule has 7 heteroatoms. The number of nitrogens with zero attached hydrogens (tertiary/aromatic N) is 4. The summed E-state index contributed by atoms with van der Waals surface area (Å²) < 4.78 is 1.41. The molecule has 1 atom stereocenters. The molecule has 0 aliphatic carbocycles. The van der Waals surface area contributed by atoms with Crippen molar-refractivity contribution < 1.29 is 9.90 Å². The number of aliphatic hydroxyl groups excluding tert-OH is 1. The minimum atomic E-state index is -1.08. The van der Waals surface area contributed by atoms with Gasteiger partial charge in [-0.05, 0) is 49.6 Å². The summed E-state index contributed by atoms with van der Waals surface area (Å²) in [5.41, 5.74) is 6.44. The Kier molecular flexibility index (Phi) is 4.89. The van der Waals surface area contributed by atoms with Gasteiger partial charge >= 0.3 is 0 Å². The predicted molar refractivity (Wildman–Crippen MR) is 135 cm³/mol. The molecule has 0 saturated carbocycles. The van der Waals surface area contributed by atoms with Crippen molar-refractivity contribution in [2.24, 2.45) is 4.99 Å². The van der Waals surface area contributed by atoms with Crippen molar-refractivity contribution >= 4 is 28.2 Å². The number of aliphatic hydroxyl groups is 1. The summed E-state index contributed by atoms with van der Waals surface area (Å²) in [5, 5.41) is 9.87. The summed E-state index contributed by atoms with van der Waals surface area (Å²) in [5.74, 6) is 0.159. The SMILES string of the molecule is Cc1cc2c3c(c1)C(c1ccccc1)=NC(n1c(C)nc4cc(CO)ccc4c1=O)C(=O)N3CC2. The van der Waals surface area contributed by atoms with Crippen LogP contribution in [0, 0.1) is 13.8 Å². The zero-order valence-electron chi connectivity index (χ0n) is 19.5. The zero-order chi connectivity index (χ0) is 24.3. The minimum Gasteiger partial charge on any atom is -0.392 e. The summed E-state index contributed by atoms with van der Waals surface area (Å²) in [7, 11) is 0. The summed E-state index contributed by atoms with van der Waals surface area (Å²) in [6, 6.07) is 19.0. The molecule has 7 nitrogen and oxygen atoms in total. The van der Waals surface area contributed by atoms with Gasteiger partial charge in [-0.2, -0.15) is 0 Å². The first-order chi connectivity index (χ1) is 17.0. The smallest absolute Gasteiger partial charge is 0.272 e. The lowest BCUT2D eigenvalue weighted by molar-refractivity contribution is -0.121. The Labute approximate surface area is 202 Å². The lowest BCUT2D eigenvalue weighted by atomic mass is 9.96. The van der Waals surface area contributed by atoms with Gasteiger partial charge < -0.3 is 10.0 Å². The van der Waals surface area contributed by atoms with Crippen LogP contribution in [0.25, 0.3) is 10.9 Å². The van der Waals surface area contributed by atoms with Crippen molar-refractivity contribution in [2.75, 3.05) is 11.4 Å². The summed E-state index contributed by atoms with van der Waals surface area (Å²) >= 11 is 0. The van der Waals surface area contributed by atoms with Crippen LogP contribution in [0.5, 0.6) is 0 Å². The molecular formula is C28H24N4O3. The van der Waals surface area contributed by atoms with E-state index in [1.165, 1.54) is 4.57 Å². The molecule has 3 heterocycles. The highest BCUT2D eigenvalue weighted by Crippen LogP contribution is 2.39. The Bertz CT molecular complexity index is 1600. The number of aromatic nitrogens is 2. The number of aryl methyl sites for hydroxylation is 2. The maximum absolute atomic E-state index is 14.0. The second kappa shape index (κ2) is 7.99. The molecule has 0 radical (unpaired) electrons. The van der Waals surface area contributed by atoms with Gasteiger partial charge in [-0.15, -0.1) is 0 Å². The molecule has 174 valence electrons. The van der Waals surface area contributed by atoms with Crippen LogP contribution in [-0.4, -0.2) is 32.8 Å². The van der Waals surface area contributed by atoms with Crippen molar-refractivity contribution in [1.29, 1.82) is 0 Å². The molecule has 2 aliphatic rings. The number of hydrogen-bond donors (Lipinski definition) is 1. The molecule has 1 N–H and O–H groups in total. The molecule has 2 aliphatic heterocycles. The molecule has 0 bridgehead atoms. The first-order valence-electron chi connectivity index (χ1n) is 11.7. The molecule has 1 unspecified atom stereocenters. The molecular weight excluding hydrogens is 440 g/mol. The Hall–Kier alpha value is -4.10. The van der Waals surface area contributed by atoms with E-state index in [0.717, 1.165) is 34.4 Å². The Balaban J connectivity index is 1.64. The molecule has 6 rings (SSSR count). The number of rotatable bonds is 3. The summed E-state index contributed by atoms with van der Waals surface area (Å²) in [6.07, 6.45) is -0.316. The van der Waals surface area contributed by atoms with Gasteiger partial charge in [0, 0.05) is 17.7 Å². The number of hydrogen-bond acceptors (Lipinski definition) is 5. The molecule has 3 aromatic carbocycles. The molecule has 0 saturated heterocycles. The number of aliphatic imine (C=N–C) groups is 1. The number of carbonyl (C=O) groups excluding carboxylic acids is 1. The second-order valence-electron chi connectivity index (χ2n) is 9.12. The lowest BCUT2D eigenvalue weighted by Gasteiger charge is -2.23. The number of carbonyl (C=O) groups is 1. The molecule has 1 aromatic heterocycles. The highest BCUT2D eigenvalue weighted by molar-refractivity contribution is 6.20. The number of amides is 1. The quantitative estimate of drug-likeness (QED) is 0.503. The monoisotopic (exact) mass is 464 g/mol. The number of benzene rings is 3. The van der Waals surface area contributed by atoms with Gasteiger partial charge in [-0.3, -0.25) is 14.2 Å². The first kappa shape index (κ1) is 21.4. The van der Waals surface area contributed by atoms with Crippen LogP contribution >= 0.6 is 0 Å². The van der Waals surface area contributed by atoms with Crippen LogP contribution < -0.4 is 10.5 Å². The Morgan fingerprint density at radius 1 is 1.03 bits per heavy atom. The van der Waals surface area contributed by atoms with Crippen LogP contribution in [0.15, 0.2) is 70.5 Å². The summed E-state index contributed by atoms with van der Waals surface area (Å²) in [6.45, 7) is 4.18. The van der Waals surface area contributed by atoms with Crippen molar-refractivity contribution in [2.45, 2.75) is 33.0 Å². The lowest BCUT2D eigenvalue weighted by Crippen LogP contribution is -2.39. The highest BCUT2D eigenvalue weighted by atomic mass is 16.3. The highest BCUT2D eigenvalue weighted by Gasteiger charge is 2.38. The van der Waals surface area contributed by atoms with Crippen LogP contribution in [0.4, 0.5) is 5.69 Å². The summed E-state index contributed by atoms with van der Waals surface area (Å²) in [4.78, 5) is 39.1. The fraction of sp³-hybridized carbons (Fsp3) is 0.214. The van der Waals surface area contributed by atoms with E-state index in [2.05, 4.69) is 24.0 Å². The maximum atomic E-state index is 14.0. The van der Waals surface area contributed by atoms with Crippen LogP contribution in [0.1, 0.15) is 39.8 Å². The molecule has 0 spiro atoms. The van der Waals surface area contributed by atoms with E-state index in [9.17, 15) is 14.7 Å². The van der Waals surface area contributed by atoms with Crippen molar-refractivity contribution in [1.82, 2.24) is 9.55 Å². The van der Waals surface area contributed by atoms with Gasteiger partial charge in [0.2, 0.25) is 6.17 Å². The van der Waals surface area contributed by atoms with Gasteiger partial charge in [0.15, 0.2) is 0 Å². The van der Waals surface area contributed by atoms with Crippen LogP contribution in [0.2, 0.25) is 0 Å². The first-order valence-corrected chi connectivity index (χ1v) is 11.7. The average Bonchev–Trinajstić information content (AvgIpc) is 3.24. The third-order valence-corrected chi connectivity index (χ3v) is 6.82. The zero-order valence-corrected chi connectivity index (χ0v) is 19.5. The fourth-order valence-corrected chi connectivity index (χ4v) is 5.23. The second-order valence-corrected chi connectivity index (χ2v) is 9.12. The van der Waals surface area contributed by atoms with Crippen LogP contribution in [0.3, 0.4) is 0 Å². The van der Waals surface area contributed by atoms with Crippen molar-refractivity contribution in [3.63, 3.8) is 0 Å². The van der Waals surface area contributed by atoms with E-state index in [0.29, 0.717) is 34.5 Å². The largest absolute Gasteiger partial charge is 0.392 e. The van der Waals surface area contributed by atoms with E-state index in [-0.39, 0.29) is 18.1 Å². The van der Waals surface area contributed by atoms with E-state index >= 15 is 0 Å². The predicted octanol–water partition coefficient (Wildman–Crippen LogP) is 3.44. The molecule has 35 heavy (non-hydrogen) atoms. The third-order valence-electron chi connectivity index (χ3n) is 6.82. The molecule has 1 amide bonds. The topological polar surface area (TPSA) is 87.8 Å². The maximum Gasteiger partial charge on any atom is 0.272 e. The van der Waals surface area contributed by atoms with E-state index < -0.39 is 6.17 Å². The molecule has 0 fully saturated rings. The van der Waals surface area contributed by atoms with E-state index in [1.807, 2.05) is 30.3 Å². The van der Waals surface area contributed by atoms with Crippen LogP contribution in [-0.2, 0) is 17.8 Å². The minimum absolute atomic E-state index is 0.138. The van der Waals surface area contributed by atoms with Gasteiger partial charge in [0.1, 0.15) is 5.82 Å².